The molecule has 0 bridgehead atoms. The van der Waals surface area contributed by atoms with Gasteiger partial charge in [-0.05, 0) is 25.0 Å². The van der Waals surface area contributed by atoms with Crippen LogP contribution in [-0.2, 0) is 24.2 Å². The van der Waals surface area contributed by atoms with Crippen LogP contribution >= 0.6 is 0 Å². The van der Waals surface area contributed by atoms with Crippen molar-refractivity contribution in [2.45, 2.75) is 38.8 Å². The van der Waals surface area contributed by atoms with Crippen LogP contribution in [0, 0.1) is 6.92 Å². The fourth-order valence-corrected chi connectivity index (χ4v) is 2.55. The first kappa shape index (κ1) is 12.8. The highest BCUT2D eigenvalue weighted by Gasteiger charge is 2.20. The highest BCUT2D eigenvalue weighted by atomic mass is 16.1. The number of hydrogen-bond acceptors (Lipinski definition) is 3. The molecule has 0 saturated heterocycles. The monoisotopic (exact) mass is 270 g/mol. The summed E-state index contributed by atoms with van der Waals surface area (Å²) in [6.07, 6.45) is 7.82. The van der Waals surface area contributed by atoms with Crippen LogP contribution in [0.3, 0.4) is 0 Å². The molecule has 1 atom stereocenters. The SMILES string of the molecule is Cc1ccc(CC(=O)N[C@H]2CCc3nccn3C2)cn1. The van der Waals surface area contributed by atoms with Gasteiger partial charge in [-0.1, -0.05) is 6.07 Å². The molecular formula is C15H18N4O. The molecule has 1 amide bonds. The standard InChI is InChI=1S/C15H18N4O/c1-11-2-3-12(9-17-11)8-15(20)18-13-4-5-14-16-6-7-19(14)10-13/h2-3,6-7,9,13H,4-5,8,10H2,1H3,(H,18,20)/t13-/m0/s1. The van der Waals surface area contributed by atoms with E-state index >= 15 is 0 Å². The van der Waals surface area contributed by atoms with Gasteiger partial charge in [0.2, 0.25) is 5.91 Å². The maximum atomic E-state index is 12.1. The fourth-order valence-electron chi connectivity index (χ4n) is 2.55. The van der Waals surface area contributed by atoms with Crippen LogP contribution in [-0.4, -0.2) is 26.5 Å². The average Bonchev–Trinajstić information content (AvgIpc) is 2.89. The summed E-state index contributed by atoms with van der Waals surface area (Å²) in [6.45, 7) is 2.75. The molecule has 1 N–H and O–H groups in total. The van der Waals surface area contributed by atoms with Crippen LogP contribution in [0.25, 0.3) is 0 Å². The van der Waals surface area contributed by atoms with Gasteiger partial charge >= 0.3 is 0 Å². The Bertz CT molecular complexity index is 603. The molecule has 1 aliphatic rings. The van der Waals surface area contributed by atoms with E-state index in [2.05, 4.69) is 19.9 Å². The molecule has 2 aromatic rings. The molecule has 5 heteroatoms. The average molecular weight is 270 g/mol. The summed E-state index contributed by atoms with van der Waals surface area (Å²) in [5.74, 6) is 1.17. The number of fused-ring (bicyclic) bond motifs is 1. The Hall–Kier alpha value is -2.17. The molecule has 0 aliphatic carbocycles. The van der Waals surface area contributed by atoms with Crippen LogP contribution in [0.2, 0.25) is 0 Å². The van der Waals surface area contributed by atoms with Crippen molar-refractivity contribution in [1.82, 2.24) is 19.9 Å². The zero-order chi connectivity index (χ0) is 13.9. The maximum absolute atomic E-state index is 12.1. The van der Waals surface area contributed by atoms with Crippen molar-refractivity contribution in [3.63, 3.8) is 0 Å². The van der Waals surface area contributed by atoms with Crippen molar-refractivity contribution < 1.29 is 4.79 Å². The summed E-state index contributed by atoms with van der Waals surface area (Å²) >= 11 is 0. The normalized spacial score (nSPS) is 17.6. The van der Waals surface area contributed by atoms with Crippen molar-refractivity contribution in [1.29, 1.82) is 0 Å². The van der Waals surface area contributed by atoms with E-state index in [4.69, 9.17) is 0 Å². The molecular weight excluding hydrogens is 252 g/mol. The first-order valence-corrected chi connectivity index (χ1v) is 6.91. The van der Waals surface area contributed by atoms with Crippen molar-refractivity contribution >= 4 is 5.91 Å². The third kappa shape index (κ3) is 2.87. The van der Waals surface area contributed by atoms with Crippen LogP contribution in [0.15, 0.2) is 30.7 Å². The molecule has 1 aliphatic heterocycles. The number of nitrogens with one attached hydrogen (secondary N) is 1. The van der Waals surface area contributed by atoms with Crippen LogP contribution in [0.1, 0.15) is 23.5 Å². The molecule has 0 saturated carbocycles. The second kappa shape index (κ2) is 5.45. The molecule has 0 fully saturated rings. The fraction of sp³-hybridized carbons (Fsp3) is 0.400. The largest absolute Gasteiger partial charge is 0.351 e. The number of hydrogen-bond donors (Lipinski definition) is 1. The van der Waals surface area contributed by atoms with E-state index in [-0.39, 0.29) is 11.9 Å². The Morgan fingerprint density at radius 2 is 2.35 bits per heavy atom. The Balaban J connectivity index is 1.56. The molecule has 0 spiro atoms. The summed E-state index contributed by atoms with van der Waals surface area (Å²) in [6, 6.07) is 4.08. The van der Waals surface area contributed by atoms with E-state index in [0.717, 1.165) is 36.5 Å². The molecule has 3 heterocycles. The minimum Gasteiger partial charge on any atom is -0.351 e. The predicted molar refractivity (Wildman–Crippen MR) is 75.2 cm³/mol. The van der Waals surface area contributed by atoms with Gasteiger partial charge < -0.3 is 9.88 Å². The Kier molecular flexibility index (Phi) is 3.50. The quantitative estimate of drug-likeness (QED) is 0.913. The maximum Gasteiger partial charge on any atom is 0.224 e. The summed E-state index contributed by atoms with van der Waals surface area (Å²) in [5, 5.41) is 3.10. The van der Waals surface area contributed by atoms with Gasteiger partial charge in [-0.2, -0.15) is 0 Å². The van der Waals surface area contributed by atoms with E-state index in [1.165, 1.54) is 0 Å². The van der Waals surface area contributed by atoms with Gasteiger partial charge in [-0.15, -0.1) is 0 Å². The van der Waals surface area contributed by atoms with Crippen molar-refractivity contribution in [2.75, 3.05) is 0 Å². The lowest BCUT2D eigenvalue weighted by Crippen LogP contribution is -2.41. The third-order valence-electron chi connectivity index (χ3n) is 3.64. The van der Waals surface area contributed by atoms with E-state index in [0.29, 0.717) is 6.42 Å². The van der Waals surface area contributed by atoms with Crippen LogP contribution in [0.4, 0.5) is 0 Å². The first-order chi connectivity index (χ1) is 9.70. The van der Waals surface area contributed by atoms with Gasteiger partial charge in [-0.3, -0.25) is 9.78 Å². The topological polar surface area (TPSA) is 59.8 Å². The highest BCUT2D eigenvalue weighted by Crippen LogP contribution is 2.13. The van der Waals surface area contributed by atoms with Crippen LogP contribution in [0.5, 0.6) is 0 Å². The van der Waals surface area contributed by atoms with Gasteiger partial charge in [0.25, 0.3) is 0 Å². The number of aromatic nitrogens is 3. The smallest absolute Gasteiger partial charge is 0.224 e. The molecule has 0 radical (unpaired) electrons. The van der Waals surface area contributed by atoms with Gasteiger partial charge in [-0.25, -0.2) is 4.98 Å². The number of imidazole rings is 1. The van der Waals surface area contributed by atoms with Crippen molar-refractivity contribution in [3.8, 4) is 0 Å². The molecule has 0 aromatic carbocycles. The Morgan fingerprint density at radius 1 is 1.45 bits per heavy atom. The summed E-state index contributed by atoms with van der Waals surface area (Å²) in [4.78, 5) is 20.5. The number of carbonyl (C=O) groups excluding carboxylic acids is 1. The van der Waals surface area contributed by atoms with E-state index in [1.54, 1.807) is 6.20 Å². The molecule has 3 rings (SSSR count). The number of carbonyl (C=O) groups is 1. The zero-order valence-electron chi connectivity index (χ0n) is 11.5. The molecule has 20 heavy (non-hydrogen) atoms. The zero-order valence-corrected chi connectivity index (χ0v) is 11.5. The lowest BCUT2D eigenvalue weighted by atomic mass is 10.1. The number of amides is 1. The van der Waals surface area contributed by atoms with Crippen molar-refractivity contribution in [2.24, 2.45) is 0 Å². The van der Waals surface area contributed by atoms with Crippen LogP contribution < -0.4 is 5.32 Å². The number of pyridine rings is 1. The van der Waals surface area contributed by atoms with Gasteiger partial charge in [0, 0.05) is 43.3 Å². The second-order valence-electron chi connectivity index (χ2n) is 5.28. The van der Waals surface area contributed by atoms with Gasteiger partial charge in [0.05, 0.1) is 6.42 Å². The highest BCUT2D eigenvalue weighted by molar-refractivity contribution is 5.78. The third-order valence-corrected chi connectivity index (χ3v) is 3.64. The van der Waals surface area contributed by atoms with E-state index < -0.39 is 0 Å². The summed E-state index contributed by atoms with van der Waals surface area (Å²) in [5.41, 5.74) is 1.92. The van der Waals surface area contributed by atoms with E-state index in [9.17, 15) is 4.79 Å². The predicted octanol–water partition coefficient (Wildman–Crippen LogP) is 1.26. The Labute approximate surface area is 118 Å². The lowest BCUT2D eigenvalue weighted by molar-refractivity contribution is -0.121. The summed E-state index contributed by atoms with van der Waals surface area (Å²) < 4.78 is 2.11. The van der Waals surface area contributed by atoms with E-state index in [1.807, 2.05) is 31.5 Å². The minimum absolute atomic E-state index is 0.0595. The second-order valence-corrected chi connectivity index (χ2v) is 5.28. The lowest BCUT2D eigenvalue weighted by Gasteiger charge is -2.24. The van der Waals surface area contributed by atoms with Gasteiger partial charge in [0.15, 0.2) is 0 Å². The Morgan fingerprint density at radius 3 is 3.15 bits per heavy atom. The molecule has 2 aromatic heterocycles. The molecule has 104 valence electrons. The van der Waals surface area contributed by atoms with Gasteiger partial charge in [0.1, 0.15) is 5.82 Å². The number of rotatable bonds is 3. The molecule has 5 nitrogen and oxygen atoms in total. The first-order valence-electron chi connectivity index (χ1n) is 6.91. The number of nitrogens with zero attached hydrogens (tertiary/aromatic N) is 3. The molecule has 0 unspecified atom stereocenters. The number of aryl methyl sites for hydroxylation is 2. The summed E-state index contributed by atoms with van der Waals surface area (Å²) in [7, 11) is 0. The van der Waals surface area contributed by atoms with Crippen molar-refractivity contribution in [3.05, 3.63) is 47.8 Å². The minimum atomic E-state index is 0.0595.